The Bertz CT molecular complexity index is 964. The number of carbonyl (C=O) groups is 3. The molecule has 0 N–H and O–H groups in total. The van der Waals surface area contributed by atoms with Crippen molar-refractivity contribution in [3.8, 4) is 0 Å². The van der Waals surface area contributed by atoms with Crippen LogP contribution in [0.15, 0.2) is 41.3 Å². The van der Waals surface area contributed by atoms with E-state index in [0.717, 1.165) is 38.4 Å². The number of rotatable bonds is 3. The molecule has 0 saturated carbocycles. The third-order valence-electron chi connectivity index (χ3n) is 4.68. The van der Waals surface area contributed by atoms with Crippen molar-refractivity contribution in [1.82, 2.24) is 9.80 Å². The molecule has 2 aliphatic heterocycles. The number of thioether (sulfide) groups is 1. The van der Waals surface area contributed by atoms with Crippen molar-refractivity contribution in [2.75, 3.05) is 13.1 Å². The van der Waals surface area contributed by atoms with Crippen LogP contribution in [0.1, 0.15) is 20.9 Å². The van der Waals surface area contributed by atoms with Crippen LogP contribution in [0, 0.1) is 6.92 Å². The molecule has 3 heterocycles. The van der Waals surface area contributed by atoms with Crippen LogP contribution in [0.3, 0.4) is 0 Å². The van der Waals surface area contributed by atoms with Crippen LogP contribution in [0.2, 0.25) is 0 Å². The molecule has 2 aliphatic rings. The predicted molar refractivity (Wildman–Crippen MR) is 107 cm³/mol. The number of aryl methyl sites for hydroxylation is 1. The summed E-state index contributed by atoms with van der Waals surface area (Å²) >= 11 is 2.46. The number of carbonyl (C=O) groups excluding carboxylic acids is 3. The van der Waals surface area contributed by atoms with E-state index in [0.29, 0.717) is 18.0 Å². The SMILES string of the molecule is Cc1ccc(/C=C2\SC(=O)N(CC(=O)N3CCc4ccccc4C3)C2=O)s1. The van der Waals surface area contributed by atoms with Gasteiger partial charge in [0, 0.05) is 22.8 Å². The molecule has 2 aromatic rings. The topological polar surface area (TPSA) is 57.7 Å². The summed E-state index contributed by atoms with van der Waals surface area (Å²) in [5.41, 5.74) is 2.38. The molecule has 1 saturated heterocycles. The number of fused-ring (bicyclic) bond motifs is 1. The molecule has 138 valence electrons. The molecular formula is C20H18N2O3S2. The predicted octanol–water partition coefficient (Wildman–Crippen LogP) is 3.68. The van der Waals surface area contributed by atoms with Crippen molar-refractivity contribution < 1.29 is 14.4 Å². The second-order valence-corrected chi connectivity index (χ2v) is 8.86. The van der Waals surface area contributed by atoms with Gasteiger partial charge in [0.25, 0.3) is 11.1 Å². The zero-order chi connectivity index (χ0) is 19.0. The van der Waals surface area contributed by atoms with Crippen molar-refractivity contribution in [1.29, 1.82) is 0 Å². The highest BCUT2D eigenvalue weighted by Gasteiger charge is 2.37. The van der Waals surface area contributed by atoms with Crippen LogP contribution in [0.5, 0.6) is 0 Å². The average molecular weight is 399 g/mol. The molecule has 3 amide bonds. The van der Waals surface area contributed by atoms with E-state index in [9.17, 15) is 14.4 Å². The highest BCUT2D eigenvalue weighted by Crippen LogP contribution is 2.33. The molecule has 0 spiro atoms. The smallest absolute Gasteiger partial charge is 0.294 e. The normalized spacial score (nSPS) is 18.3. The van der Waals surface area contributed by atoms with Crippen LogP contribution < -0.4 is 0 Å². The summed E-state index contributed by atoms with van der Waals surface area (Å²) < 4.78 is 0. The minimum atomic E-state index is -0.387. The first-order chi connectivity index (χ1) is 13.0. The van der Waals surface area contributed by atoms with E-state index in [1.165, 1.54) is 5.56 Å². The molecule has 1 aromatic carbocycles. The standard InChI is InChI=1S/C20H18N2O3S2/c1-13-6-7-16(26-13)10-17-19(24)22(20(25)27-17)12-18(23)21-9-8-14-4-2-3-5-15(14)11-21/h2-7,10H,8-9,11-12H2,1H3/b17-10-. The summed E-state index contributed by atoms with van der Waals surface area (Å²) in [4.78, 5) is 42.8. The summed E-state index contributed by atoms with van der Waals surface area (Å²) in [6.07, 6.45) is 2.52. The molecule has 4 rings (SSSR count). The number of amides is 3. The molecule has 0 aliphatic carbocycles. The Hall–Kier alpha value is -2.38. The Morgan fingerprint density at radius 2 is 1.93 bits per heavy atom. The van der Waals surface area contributed by atoms with Gasteiger partial charge < -0.3 is 4.90 Å². The molecule has 27 heavy (non-hydrogen) atoms. The Morgan fingerprint density at radius 3 is 2.67 bits per heavy atom. The summed E-state index contributed by atoms with van der Waals surface area (Å²) in [5.74, 6) is -0.582. The van der Waals surface area contributed by atoms with Crippen LogP contribution in [0.25, 0.3) is 6.08 Å². The Labute approximate surface area is 165 Å². The fourth-order valence-electron chi connectivity index (χ4n) is 3.24. The maximum Gasteiger partial charge on any atom is 0.294 e. The number of thiophene rings is 1. The number of hydrogen-bond acceptors (Lipinski definition) is 5. The van der Waals surface area contributed by atoms with Gasteiger partial charge in [0.05, 0.1) is 4.91 Å². The highest BCUT2D eigenvalue weighted by atomic mass is 32.2. The summed E-state index contributed by atoms with van der Waals surface area (Å²) in [6.45, 7) is 2.92. The fraction of sp³-hybridized carbons (Fsp3) is 0.250. The molecule has 0 atom stereocenters. The van der Waals surface area contributed by atoms with Gasteiger partial charge in [-0.25, -0.2) is 0 Å². The summed E-state index contributed by atoms with van der Waals surface area (Å²) in [6, 6.07) is 11.9. The molecular weight excluding hydrogens is 380 g/mol. The molecule has 1 fully saturated rings. The number of nitrogens with zero attached hydrogens (tertiary/aromatic N) is 2. The van der Waals surface area contributed by atoms with Gasteiger partial charge in [-0.15, -0.1) is 11.3 Å². The third-order valence-corrected chi connectivity index (χ3v) is 6.54. The zero-order valence-corrected chi connectivity index (χ0v) is 16.4. The minimum absolute atomic E-state index is 0.194. The summed E-state index contributed by atoms with van der Waals surface area (Å²) in [7, 11) is 0. The Balaban J connectivity index is 1.45. The molecule has 5 nitrogen and oxygen atoms in total. The minimum Gasteiger partial charge on any atom is -0.336 e. The first-order valence-electron chi connectivity index (χ1n) is 8.67. The van der Waals surface area contributed by atoms with Crippen molar-refractivity contribution in [2.24, 2.45) is 0 Å². The second-order valence-electron chi connectivity index (χ2n) is 6.55. The van der Waals surface area contributed by atoms with E-state index in [1.54, 1.807) is 22.3 Å². The van der Waals surface area contributed by atoms with Crippen molar-refractivity contribution >= 4 is 46.2 Å². The van der Waals surface area contributed by atoms with Gasteiger partial charge in [-0.1, -0.05) is 24.3 Å². The number of imide groups is 1. The van der Waals surface area contributed by atoms with Gasteiger partial charge in [0.15, 0.2) is 0 Å². The Kier molecular flexibility index (Phi) is 4.88. The van der Waals surface area contributed by atoms with E-state index < -0.39 is 0 Å². The molecule has 1 aromatic heterocycles. The largest absolute Gasteiger partial charge is 0.336 e. The van der Waals surface area contributed by atoms with Gasteiger partial charge in [0.2, 0.25) is 5.91 Å². The quantitative estimate of drug-likeness (QED) is 0.740. The number of hydrogen-bond donors (Lipinski definition) is 0. The zero-order valence-electron chi connectivity index (χ0n) is 14.8. The fourth-order valence-corrected chi connectivity index (χ4v) is 4.96. The van der Waals surface area contributed by atoms with E-state index >= 15 is 0 Å². The first-order valence-corrected chi connectivity index (χ1v) is 10.3. The number of benzene rings is 1. The van der Waals surface area contributed by atoms with Crippen molar-refractivity contribution in [3.63, 3.8) is 0 Å². The molecule has 7 heteroatoms. The van der Waals surface area contributed by atoms with E-state index in [1.807, 2.05) is 37.3 Å². The Morgan fingerprint density at radius 1 is 1.15 bits per heavy atom. The van der Waals surface area contributed by atoms with Crippen LogP contribution in [-0.4, -0.2) is 39.9 Å². The second kappa shape index (κ2) is 7.32. The maximum absolute atomic E-state index is 12.7. The summed E-state index contributed by atoms with van der Waals surface area (Å²) in [5, 5.41) is -0.384. The van der Waals surface area contributed by atoms with E-state index in [2.05, 4.69) is 6.07 Å². The van der Waals surface area contributed by atoms with Crippen molar-refractivity contribution in [3.05, 3.63) is 62.2 Å². The van der Waals surface area contributed by atoms with Crippen molar-refractivity contribution in [2.45, 2.75) is 19.9 Å². The van der Waals surface area contributed by atoms with Gasteiger partial charge in [0.1, 0.15) is 6.54 Å². The molecule has 0 radical (unpaired) electrons. The van der Waals surface area contributed by atoms with Crippen LogP contribution in [-0.2, 0) is 22.6 Å². The van der Waals surface area contributed by atoms with Gasteiger partial charge in [-0.3, -0.25) is 19.3 Å². The van der Waals surface area contributed by atoms with Gasteiger partial charge in [-0.2, -0.15) is 0 Å². The molecule has 0 unspecified atom stereocenters. The van der Waals surface area contributed by atoms with E-state index in [4.69, 9.17) is 0 Å². The maximum atomic E-state index is 12.7. The molecule has 0 bridgehead atoms. The monoisotopic (exact) mass is 398 g/mol. The van der Waals surface area contributed by atoms with Gasteiger partial charge in [-0.05, 0) is 54.4 Å². The van der Waals surface area contributed by atoms with Crippen LogP contribution in [0.4, 0.5) is 4.79 Å². The lowest BCUT2D eigenvalue weighted by atomic mass is 10.00. The van der Waals surface area contributed by atoms with E-state index in [-0.39, 0.29) is 23.6 Å². The van der Waals surface area contributed by atoms with Crippen LogP contribution >= 0.6 is 23.1 Å². The van der Waals surface area contributed by atoms with Gasteiger partial charge >= 0.3 is 0 Å². The lowest BCUT2D eigenvalue weighted by molar-refractivity contribution is -0.136. The lowest BCUT2D eigenvalue weighted by Crippen LogP contribution is -2.44. The lowest BCUT2D eigenvalue weighted by Gasteiger charge is -2.29. The average Bonchev–Trinajstić information content (AvgIpc) is 3.19. The highest BCUT2D eigenvalue weighted by molar-refractivity contribution is 8.18. The first kappa shape index (κ1) is 18.0. The third kappa shape index (κ3) is 3.70.